The van der Waals surface area contributed by atoms with E-state index in [1.54, 1.807) is 14.0 Å². The maximum absolute atomic E-state index is 12.0. The SMILES string of the molecule is COc1ccc(-n2c(SC(C)C(=O)NC(N)=O)nc3ccccc32)cc1. The molecule has 0 aliphatic heterocycles. The Morgan fingerprint density at radius 1 is 1.19 bits per heavy atom. The number of imidazole rings is 1. The van der Waals surface area contributed by atoms with Crippen LogP contribution >= 0.6 is 11.8 Å². The van der Waals surface area contributed by atoms with Crippen molar-refractivity contribution in [2.75, 3.05) is 7.11 Å². The van der Waals surface area contributed by atoms with Gasteiger partial charge in [-0.3, -0.25) is 14.7 Å². The zero-order chi connectivity index (χ0) is 18.7. The number of aromatic nitrogens is 2. The topological polar surface area (TPSA) is 99.2 Å². The zero-order valence-corrected chi connectivity index (χ0v) is 15.1. The Bertz CT molecular complexity index is 953. The monoisotopic (exact) mass is 370 g/mol. The second kappa shape index (κ2) is 7.49. The van der Waals surface area contributed by atoms with Gasteiger partial charge in [0.2, 0.25) is 5.91 Å². The predicted molar refractivity (Wildman–Crippen MR) is 101 cm³/mol. The van der Waals surface area contributed by atoms with Gasteiger partial charge in [0, 0.05) is 5.69 Å². The molecular weight excluding hydrogens is 352 g/mol. The second-order valence-corrected chi connectivity index (χ2v) is 6.84. The number of fused-ring (bicyclic) bond motifs is 1. The van der Waals surface area contributed by atoms with Gasteiger partial charge in [-0.1, -0.05) is 23.9 Å². The number of urea groups is 1. The number of carbonyl (C=O) groups excluding carboxylic acids is 2. The highest BCUT2D eigenvalue weighted by molar-refractivity contribution is 8.00. The number of amides is 3. The number of primary amides is 1. The number of para-hydroxylation sites is 2. The van der Waals surface area contributed by atoms with Crippen LogP contribution < -0.4 is 15.8 Å². The molecule has 0 saturated heterocycles. The van der Waals surface area contributed by atoms with Crippen molar-refractivity contribution in [1.82, 2.24) is 14.9 Å². The molecule has 7 nitrogen and oxygen atoms in total. The largest absolute Gasteiger partial charge is 0.497 e. The molecule has 1 atom stereocenters. The van der Waals surface area contributed by atoms with Crippen LogP contribution in [0.3, 0.4) is 0 Å². The van der Waals surface area contributed by atoms with E-state index in [1.165, 1.54) is 11.8 Å². The molecule has 2 aromatic carbocycles. The van der Waals surface area contributed by atoms with Gasteiger partial charge >= 0.3 is 6.03 Å². The van der Waals surface area contributed by atoms with Crippen LogP contribution in [0, 0.1) is 0 Å². The van der Waals surface area contributed by atoms with Crippen LogP contribution in [0.1, 0.15) is 6.92 Å². The summed E-state index contributed by atoms with van der Waals surface area (Å²) in [7, 11) is 1.61. The van der Waals surface area contributed by atoms with Crippen molar-refractivity contribution >= 4 is 34.7 Å². The molecule has 1 heterocycles. The number of rotatable bonds is 5. The van der Waals surface area contributed by atoms with Crippen LogP contribution in [0.25, 0.3) is 16.7 Å². The number of carbonyl (C=O) groups is 2. The van der Waals surface area contributed by atoms with Crippen molar-refractivity contribution in [3.05, 3.63) is 48.5 Å². The molecule has 0 fully saturated rings. The number of nitrogens with one attached hydrogen (secondary N) is 1. The molecule has 0 aliphatic carbocycles. The number of hydrogen-bond donors (Lipinski definition) is 2. The lowest BCUT2D eigenvalue weighted by Gasteiger charge is -2.13. The van der Waals surface area contributed by atoms with Gasteiger partial charge in [-0.15, -0.1) is 0 Å². The molecule has 0 aliphatic rings. The number of hydrogen-bond acceptors (Lipinski definition) is 5. The molecular formula is C18H18N4O3S. The molecule has 3 amide bonds. The van der Waals surface area contributed by atoms with Crippen molar-refractivity contribution in [2.45, 2.75) is 17.3 Å². The highest BCUT2D eigenvalue weighted by Crippen LogP contribution is 2.31. The van der Waals surface area contributed by atoms with Crippen LogP contribution in [-0.4, -0.2) is 33.8 Å². The summed E-state index contributed by atoms with van der Waals surface area (Å²) in [5.41, 5.74) is 7.65. The van der Waals surface area contributed by atoms with E-state index in [-0.39, 0.29) is 0 Å². The summed E-state index contributed by atoms with van der Waals surface area (Å²) in [4.78, 5) is 27.6. The molecule has 134 valence electrons. The Balaban J connectivity index is 2.01. The number of benzene rings is 2. The first-order chi connectivity index (χ1) is 12.5. The van der Waals surface area contributed by atoms with Crippen molar-refractivity contribution in [3.63, 3.8) is 0 Å². The molecule has 8 heteroatoms. The molecule has 1 aromatic heterocycles. The van der Waals surface area contributed by atoms with Gasteiger partial charge in [0.1, 0.15) is 5.75 Å². The van der Waals surface area contributed by atoms with E-state index in [0.29, 0.717) is 5.16 Å². The van der Waals surface area contributed by atoms with Gasteiger partial charge in [0.25, 0.3) is 0 Å². The summed E-state index contributed by atoms with van der Waals surface area (Å²) in [6.45, 7) is 1.70. The van der Waals surface area contributed by atoms with Crippen molar-refractivity contribution in [3.8, 4) is 11.4 Å². The highest BCUT2D eigenvalue weighted by Gasteiger charge is 2.21. The number of methoxy groups -OCH3 is 1. The van der Waals surface area contributed by atoms with Gasteiger partial charge < -0.3 is 10.5 Å². The Morgan fingerprint density at radius 3 is 2.54 bits per heavy atom. The summed E-state index contributed by atoms with van der Waals surface area (Å²) < 4.78 is 7.18. The molecule has 0 radical (unpaired) electrons. The Morgan fingerprint density at radius 2 is 1.88 bits per heavy atom. The smallest absolute Gasteiger partial charge is 0.318 e. The summed E-state index contributed by atoms with van der Waals surface area (Å²) >= 11 is 1.25. The number of nitrogens with two attached hydrogens (primary N) is 1. The average molecular weight is 370 g/mol. The van der Waals surface area contributed by atoms with E-state index in [2.05, 4.69) is 10.3 Å². The van der Waals surface area contributed by atoms with Crippen LogP contribution in [0.15, 0.2) is 53.7 Å². The van der Waals surface area contributed by atoms with Gasteiger partial charge in [0.15, 0.2) is 5.16 Å². The number of imide groups is 1. The molecule has 3 rings (SSSR count). The lowest BCUT2D eigenvalue weighted by molar-refractivity contribution is -0.119. The van der Waals surface area contributed by atoms with Crippen LogP contribution in [0.5, 0.6) is 5.75 Å². The fourth-order valence-corrected chi connectivity index (χ4v) is 3.44. The Hall–Kier alpha value is -3.00. The van der Waals surface area contributed by atoms with Crippen molar-refractivity contribution in [2.24, 2.45) is 5.73 Å². The van der Waals surface area contributed by atoms with Gasteiger partial charge in [-0.25, -0.2) is 9.78 Å². The molecule has 3 N–H and O–H groups in total. The van der Waals surface area contributed by atoms with Gasteiger partial charge in [-0.05, 0) is 43.3 Å². The Kier molecular flexibility index (Phi) is 5.13. The first-order valence-corrected chi connectivity index (χ1v) is 8.76. The lowest BCUT2D eigenvalue weighted by atomic mass is 10.2. The Labute approximate surface area is 154 Å². The van der Waals surface area contributed by atoms with E-state index in [1.807, 2.05) is 53.1 Å². The minimum absolute atomic E-state index is 0.462. The van der Waals surface area contributed by atoms with Crippen LogP contribution in [0.4, 0.5) is 4.79 Å². The maximum atomic E-state index is 12.0. The normalized spacial score (nSPS) is 11.9. The van der Waals surface area contributed by atoms with E-state index < -0.39 is 17.2 Å². The van der Waals surface area contributed by atoms with Crippen LogP contribution in [0.2, 0.25) is 0 Å². The fourth-order valence-electron chi connectivity index (χ4n) is 2.50. The molecule has 0 spiro atoms. The first kappa shape index (κ1) is 17.8. The summed E-state index contributed by atoms with van der Waals surface area (Å²) in [6.07, 6.45) is 0. The first-order valence-electron chi connectivity index (χ1n) is 7.88. The van der Waals surface area contributed by atoms with E-state index in [4.69, 9.17) is 10.5 Å². The number of thioether (sulfide) groups is 1. The molecule has 26 heavy (non-hydrogen) atoms. The van der Waals surface area contributed by atoms with Gasteiger partial charge in [0.05, 0.1) is 23.4 Å². The third kappa shape index (κ3) is 3.65. The lowest BCUT2D eigenvalue weighted by Crippen LogP contribution is -2.39. The summed E-state index contributed by atoms with van der Waals surface area (Å²) in [6, 6.07) is 14.4. The zero-order valence-electron chi connectivity index (χ0n) is 14.3. The number of ether oxygens (including phenoxy) is 1. The fraction of sp³-hybridized carbons (Fsp3) is 0.167. The van der Waals surface area contributed by atoms with Gasteiger partial charge in [-0.2, -0.15) is 0 Å². The molecule has 1 unspecified atom stereocenters. The molecule has 0 bridgehead atoms. The summed E-state index contributed by atoms with van der Waals surface area (Å²) in [5.74, 6) is 0.289. The van der Waals surface area contributed by atoms with E-state index >= 15 is 0 Å². The van der Waals surface area contributed by atoms with Crippen LogP contribution in [-0.2, 0) is 4.79 Å². The predicted octanol–water partition coefficient (Wildman–Crippen LogP) is 2.71. The highest BCUT2D eigenvalue weighted by atomic mass is 32.2. The van der Waals surface area contributed by atoms with Crippen molar-refractivity contribution in [1.29, 1.82) is 0 Å². The standard InChI is InChI=1S/C18H18N4O3S/c1-11(16(23)21-17(19)24)26-18-20-14-5-3-4-6-15(14)22(18)12-7-9-13(25-2)10-8-12/h3-11H,1-2H3,(H3,19,21,23,24). The average Bonchev–Trinajstić information content (AvgIpc) is 2.99. The molecule has 3 aromatic rings. The maximum Gasteiger partial charge on any atom is 0.318 e. The van der Waals surface area contributed by atoms with E-state index in [9.17, 15) is 9.59 Å². The third-order valence-corrected chi connectivity index (χ3v) is 4.81. The van der Waals surface area contributed by atoms with E-state index in [0.717, 1.165) is 22.5 Å². The third-order valence-electron chi connectivity index (χ3n) is 3.76. The minimum Gasteiger partial charge on any atom is -0.497 e. The number of nitrogens with zero attached hydrogens (tertiary/aromatic N) is 2. The van der Waals surface area contributed by atoms with Crippen molar-refractivity contribution < 1.29 is 14.3 Å². The quantitative estimate of drug-likeness (QED) is 0.673. The second-order valence-electron chi connectivity index (χ2n) is 5.53. The molecule has 0 saturated carbocycles. The summed E-state index contributed by atoms with van der Waals surface area (Å²) in [5, 5.41) is 2.19. The minimum atomic E-state index is -0.869.